The second kappa shape index (κ2) is 8.56. The van der Waals surface area contributed by atoms with Crippen molar-refractivity contribution in [2.45, 2.75) is 25.5 Å². The summed E-state index contributed by atoms with van der Waals surface area (Å²) in [6.07, 6.45) is 2.18. The Morgan fingerprint density at radius 1 is 1.23 bits per heavy atom. The third-order valence-corrected chi connectivity index (χ3v) is 5.02. The number of nitrogens with zero attached hydrogens (tertiary/aromatic N) is 2. The molecule has 5 heteroatoms. The molecule has 1 heterocycles. The molecule has 0 spiro atoms. The van der Waals surface area contributed by atoms with E-state index < -0.39 is 0 Å². The van der Waals surface area contributed by atoms with Gasteiger partial charge in [-0.05, 0) is 62.8 Å². The first-order valence-electron chi connectivity index (χ1n) is 8.96. The van der Waals surface area contributed by atoms with Crippen LogP contribution in [0.15, 0.2) is 48.5 Å². The van der Waals surface area contributed by atoms with E-state index in [4.69, 9.17) is 16.3 Å². The molecule has 2 aromatic carbocycles. The van der Waals surface area contributed by atoms with Gasteiger partial charge in [-0.2, -0.15) is 0 Å². The van der Waals surface area contributed by atoms with Crippen LogP contribution in [0.5, 0.6) is 5.75 Å². The molecule has 1 amide bonds. The zero-order valence-corrected chi connectivity index (χ0v) is 16.1. The maximum atomic E-state index is 12.9. The highest BCUT2D eigenvalue weighted by atomic mass is 35.5. The topological polar surface area (TPSA) is 32.8 Å². The fraction of sp³-hybridized carbons (Fsp3) is 0.381. The van der Waals surface area contributed by atoms with Crippen molar-refractivity contribution in [3.05, 3.63) is 64.7 Å². The second-order valence-corrected chi connectivity index (χ2v) is 7.39. The monoisotopic (exact) mass is 372 g/mol. The number of benzene rings is 2. The fourth-order valence-electron chi connectivity index (χ4n) is 3.26. The summed E-state index contributed by atoms with van der Waals surface area (Å²) in [6, 6.07) is 15.4. The highest BCUT2D eigenvalue weighted by Crippen LogP contribution is 2.20. The van der Waals surface area contributed by atoms with Crippen LogP contribution in [0.2, 0.25) is 5.02 Å². The standard InChI is InChI=1S/C21H25ClN2O2/c1-23(2)19-9-5-11-24(14-19)21(25)17-7-4-10-20(13-17)26-15-16-6-3-8-18(22)12-16/h3-4,6-8,10,12-13,19H,5,9,11,14-15H2,1-2H3. The molecule has 0 aliphatic carbocycles. The Morgan fingerprint density at radius 2 is 2.04 bits per heavy atom. The number of halogens is 1. The second-order valence-electron chi connectivity index (χ2n) is 6.96. The number of carbonyl (C=O) groups excluding carboxylic acids is 1. The van der Waals surface area contributed by atoms with Gasteiger partial charge in [0.25, 0.3) is 5.91 Å². The van der Waals surface area contributed by atoms with Crippen molar-refractivity contribution in [1.29, 1.82) is 0 Å². The van der Waals surface area contributed by atoms with Crippen molar-refractivity contribution in [2.75, 3.05) is 27.2 Å². The number of amides is 1. The molecule has 0 N–H and O–H groups in total. The minimum absolute atomic E-state index is 0.0738. The molecule has 1 fully saturated rings. The largest absolute Gasteiger partial charge is 0.489 e. The Kier molecular flexibility index (Phi) is 6.17. The van der Waals surface area contributed by atoms with Crippen LogP contribution >= 0.6 is 11.6 Å². The van der Waals surface area contributed by atoms with E-state index in [0.29, 0.717) is 29.0 Å². The van der Waals surface area contributed by atoms with E-state index in [2.05, 4.69) is 19.0 Å². The molecule has 4 nitrogen and oxygen atoms in total. The summed E-state index contributed by atoms with van der Waals surface area (Å²) >= 11 is 6.00. The minimum Gasteiger partial charge on any atom is -0.489 e. The first-order chi connectivity index (χ1) is 12.5. The maximum absolute atomic E-state index is 12.9. The Bertz CT molecular complexity index is 763. The molecule has 0 radical (unpaired) electrons. The number of piperidine rings is 1. The van der Waals surface area contributed by atoms with Crippen LogP contribution in [0.3, 0.4) is 0 Å². The van der Waals surface area contributed by atoms with Crippen molar-refractivity contribution in [2.24, 2.45) is 0 Å². The van der Waals surface area contributed by atoms with Gasteiger partial charge < -0.3 is 14.5 Å². The van der Waals surface area contributed by atoms with Crippen molar-refractivity contribution in [3.63, 3.8) is 0 Å². The summed E-state index contributed by atoms with van der Waals surface area (Å²) in [5.74, 6) is 0.766. The Hall–Kier alpha value is -2.04. The van der Waals surface area contributed by atoms with Gasteiger partial charge in [-0.25, -0.2) is 0 Å². The number of likely N-dealkylation sites (N-methyl/N-ethyl adjacent to an activating group) is 1. The van der Waals surface area contributed by atoms with Crippen LogP contribution < -0.4 is 4.74 Å². The lowest BCUT2D eigenvalue weighted by molar-refractivity contribution is 0.0634. The van der Waals surface area contributed by atoms with Crippen LogP contribution in [0.1, 0.15) is 28.8 Å². The average molecular weight is 373 g/mol. The lowest BCUT2D eigenvalue weighted by Gasteiger charge is -2.36. The van der Waals surface area contributed by atoms with E-state index in [1.165, 1.54) is 0 Å². The van der Waals surface area contributed by atoms with E-state index in [-0.39, 0.29) is 5.91 Å². The van der Waals surface area contributed by atoms with Crippen molar-refractivity contribution in [3.8, 4) is 5.75 Å². The number of carbonyl (C=O) groups is 1. The Morgan fingerprint density at radius 3 is 2.81 bits per heavy atom. The first-order valence-corrected chi connectivity index (χ1v) is 9.34. The summed E-state index contributed by atoms with van der Waals surface area (Å²) in [7, 11) is 4.14. The molecular weight excluding hydrogens is 348 g/mol. The SMILES string of the molecule is CN(C)C1CCCN(C(=O)c2cccc(OCc3cccc(Cl)c3)c2)C1. The van der Waals surface area contributed by atoms with Gasteiger partial charge in [-0.3, -0.25) is 4.79 Å². The molecule has 0 bridgehead atoms. The number of hydrogen-bond donors (Lipinski definition) is 0. The Labute approximate surface area is 160 Å². The lowest BCUT2D eigenvalue weighted by Crippen LogP contribution is -2.47. The van der Waals surface area contributed by atoms with Crippen LogP contribution in [-0.2, 0) is 6.61 Å². The normalized spacial score (nSPS) is 17.4. The molecular formula is C21H25ClN2O2. The van der Waals surface area contributed by atoms with Gasteiger partial charge in [0.1, 0.15) is 12.4 Å². The highest BCUT2D eigenvalue weighted by Gasteiger charge is 2.25. The third-order valence-electron chi connectivity index (χ3n) is 4.79. The predicted octanol–water partition coefficient (Wildman–Crippen LogP) is 4.09. The molecule has 3 rings (SSSR count). The quantitative estimate of drug-likeness (QED) is 0.792. The molecule has 1 saturated heterocycles. The number of likely N-dealkylation sites (tertiary alicyclic amines) is 1. The van der Waals surface area contributed by atoms with Gasteiger partial charge in [-0.15, -0.1) is 0 Å². The predicted molar refractivity (Wildman–Crippen MR) is 105 cm³/mol. The van der Waals surface area contributed by atoms with Crippen LogP contribution in [-0.4, -0.2) is 48.9 Å². The fourth-order valence-corrected chi connectivity index (χ4v) is 3.47. The molecule has 1 unspecified atom stereocenters. The van der Waals surface area contributed by atoms with Gasteiger partial charge in [0, 0.05) is 29.7 Å². The molecule has 1 atom stereocenters. The average Bonchev–Trinajstić information content (AvgIpc) is 2.66. The van der Waals surface area contributed by atoms with Crippen molar-refractivity contribution >= 4 is 17.5 Å². The zero-order chi connectivity index (χ0) is 18.5. The van der Waals surface area contributed by atoms with Crippen LogP contribution in [0, 0.1) is 0 Å². The molecule has 1 aliphatic heterocycles. The van der Waals surface area contributed by atoms with Crippen LogP contribution in [0.4, 0.5) is 0 Å². The number of hydrogen-bond acceptors (Lipinski definition) is 3. The molecule has 1 aliphatic rings. The van der Waals surface area contributed by atoms with E-state index >= 15 is 0 Å². The van der Waals surface area contributed by atoms with E-state index in [0.717, 1.165) is 31.5 Å². The summed E-state index contributed by atoms with van der Waals surface area (Å²) in [4.78, 5) is 17.0. The van der Waals surface area contributed by atoms with Crippen molar-refractivity contribution in [1.82, 2.24) is 9.80 Å². The molecule has 0 aromatic heterocycles. The van der Waals surface area contributed by atoms with Gasteiger partial charge in [-0.1, -0.05) is 29.8 Å². The maximum Gasteiger partial charge on any atom is 0.254 e. The third kappa shape index (κ3) is 4.77. The van der Waals surface area contributed by atoms with Gasteiger partial charge >= 0.3 is 0 Å². The summed E-state index contributed by atoms with van der Waals surface area (Å²) in [5, 5.41) is 0.690. The van der Waals surface area contributed by atoms with Crippen molar-refractivity contribution < 1.29 is 9.53 Å². The van der Waals surface area contributed by atoms with Gasteiger partial charge in [0.15, 0.2) is 0 Å². The van der Waals surface area contributed by atoms with Gasteiger partial charge in [0.05, 0.1) is 0 Å². The summed E-state index contributed by atoms with van der Waals surface area (Å²) in [5.41, 5.74) is 1.67. The van der Waals surface area contributed by atoms with Gasteiger partial charge in [0.2, 0.25) is 0 Å². The summed E-state index contributed by atoms with van der Waals surface area (Å²) in [6.45, 7) is 2.01. The van der Waals surface area contributed by atoms with E-state index in [1.54, 1.807) is 0 Å². The lowest BCUT2D eigenvalue weighted by atomic mass is 10.0. The summed E-state index contributed by atoms with van der Waals surface area (Å²) < 4.78 is 5.85. The molecule has 26 heavy (non-hydrogen) atoms. The van der Waals surface area contributed by atoms with Crippen LogP contribution in [0.25, 0.3) is 0 Å². The number of rotatable bonds is 5. The smallest absolute Gasteiger partial charge is 0.254 e. The minimum atomic E-state index is 0.0738. The molecule has 138 valence electrons. The Balaban J connectivity index is 1.65. The molecule has 0 saturated carbocycles. The zero-order valence-electron chi connectivity index (χ0n) is 15.3. The number of ether oxygens (including phenoxy) is 1. The first kappa shape index (κ1) is 18.7. The van der Waals surface area contributed by atoms with E-state index in [9.17, 15) is 4.79 Å². The van der Waals surface area contributed by atoms with E-state index in [1.807, 2.05) is 53.4 Å². The highest BCUT2D eigenvalue weighted by molar-refractivity contribution is 6.30. The molecule has 2 aromatic rings.